The molecule has 0 unspecified atom stereocenters. The fraction of sp³-hybridized carbons (Fsp3) is 0.632. The first-order valence-corrected chi connectivity index (χ1v) is 11.0. The second-order valence-electron chi connectivity index (χ2n) is 6.54. The van der Waals surface area contributed by atoms with Gasteiger partial charge < -0.3 is 19.5 Å². The molecule has 1 aromatic carbocycles. The molecule has 1 aliphatic rings. The molecule has 1 amide bonds. The number of amides is 1. The maximum absolute atomic E-state index is 12.9. The highest BCUT2D eigenvalue weighted by atomic mass is 32.2. The summed E-state index contributed by atoms with van der Waals surface area (Å²) in [6.07, 6.45) is 1.78. The van der Waals surface area contributed by atoms with E-state index in [9.17, 15) is 13.2 Å². The highest BCUT2D eigenvalue weighted by Crippen LogP contribution is 2.31. The highest BCUT2D eigenvalue weighted by Gasteiger charge is 2.32. The van der Waals surface area contributed by atoms with Gasteiger partial charge in [-0.2, -0.15) is 4.31 Å². The lowest BCUT2D eigenvalue weighted by molar-refractivity contribution is -0.126. The van der Waals surface area contributed by atoms with Crippen molar-refractivity contribution in [2.24, 2.45) is 5.92 Å². The maximum Gasteiger partial charge on any atom is 0.243 e. The molecule has 0 radical (unpaired) electrons. The van der Waals surface area contributed by atoms with Gasteiger partial charge in [-0.3, -0.25) is 4.79 Å². The minimum Gasteiger partial charge on any atom is -0.493 e. The summed E-state index contributed by atoms with van der Waals surface area (Å²) in [6, 6.07) is 4.55. The van der Waals surface area contributed by atoms with Crippen molar-refractivity contribution >= 4 is 15.9 Å². The fourth-order valence-electron chi connectivity index (χ4n) is 3.16. The Morgan fingerprint density at radius 3 is 2.46 bits per heavy atom. The summed E-state index contributed by atoms with van der Waals surface area (Å²) in [5.74, 6) is 0.662. The van der Waals surface area contributed by atoms with Crippen molar-refractivity contribution in [2.75, 3.05) is 47.1 Å². The Kier molecular flexibility index (Phi) is 8.53. The van der Waals surface area contributed by atoms with Crippen molar-refractivity contribution in [3.63, 3.8) is 0 Å². The van der Waals surface area contributed by atoms with E-state index in [0.717, 1.165) is 6.42 Å². The van der Waals surface area contributed by atoms with Gasteiger partial charge in [0.2, 0.25) is 15.9 Å². The summed E-state index contributed by atoms with van der Waals surface area (Å²) in [7, 11) is -0.683. The number of nitrogens with zero attached hydrogens (tertiary/aromatic N) is 1. The van der Waals surface area contributed by atoms with Crippen LogP contribution in [0.15, 0.2) is 23.1 Å². The van der Waals surface area contributed by atoms with E-state index in [0.29, 0.717) is 57.2 Å². The van der Waals surface area contributed by atoms with E-state index in [1.807, 2.05) is 6.92 Å². The number of rotatable bonds is 10. The summed E-state index contributed by atoms with van der Waals surface area (Å²) < 4.78 is 42.9. The molecular weight excluding hydrogens is 384 g/mol. The van der Waals surface area contributed by atoms with Gasteiger partial charge in [-0.1, -0.05) is 0 Å². The largest absolute Gasteiger partial charge is 0.493 e. The lowest BCUT2D eigenvalue weighted by atomic mass is 9.97. The predicted octanol–water partition coefficient (Wildman–Crippen LogP) is 1.65. The molecule has 0 aliphatic carbocycles. The van der Waals surface area contributed by atoms with Crippen LogP contribution in [-0.4, -0.2) is 65.7 Å². The van der Waals surface area contributed by atoms with Gasteiger partial charge in [0.05, 0.1) is 19.1 Å². The molecule has 0 atom stereocenters. The van der Waals surface area contributed by atoms with Gasteiger partial charge in [-0.05, 0) is 38.3 Å². The predicted molar refractivity (Wildman–Crippen MR) is 105 cm³/mol. The Morgan fingerprint density at radius 2 is 1.86 bits per heavy atom. The quantitative estimate of drug-likeness (QED) is 0.585. The van der Waals surface area contributed by atoms with Gasteiger partial charge in [0.15, 0.2) is 11.5 Å². The van der Waals surface area contributed by atoms with Crippen molar-refractivity contribution in [2.45, 2.75) is 31.1 Å². The first kappa shape index (κ1) is 22.4. The van der Waals surface area contributed by atoms with Crippen molar-refractivity contribution in [1.29, 1.82) is 0 Å². The van der Waals surface area contributed by atoms with Crippen LogP contribution in [-0.2, 0) is 19.6 Å². The third-order valence-electron chi connectivity index (χ3n) is 4.79. The van der Waals surface area contributed by atoms with Crippen molar-refractivity contribution in [1.82, 2.24) is 9.62 Å². The van der Waals surface area contributed by atoms with Crippen LogP contribution in [0.3, 0.4) is 0 Å². The number of piperidine rings is 1. The number of sulfonamides is 1. The third kappa shape index (κ3) is 5.59. The maximum atomic E-state index is 12.9. The number of ether oxygens (including phenoxy) is 3. The third-order valence-corrected chi connectivity index (χ3v) is 6.68. The van der Waals surface area contributed by atoms with Crippen LogP contribution in [0.1, 0.15) is 26.2 Å². The Balaban J connectivity index is 1.92. The number of nitrogens with one attached hydrogen (secondary N) is 1. The average Bonchev–Trinajstić information content (AvgIpc) is 2.72. The normalized spacial score (nSPS) is 16.0. The van der Waals surface area contributed by atoms with Crippen LogP contribution in [0.5, 0.6) is 11.5 Å². The van der Waals surface area contributed by atoms with Crippen molar-refractivity contribution < 1.29 is 27.4 Å². The minimum atomic E-state index is -3.65. The van der Waals surface area contributed by atoms with E-state index in [-0.39, 0.29) is 16.7 Å². The Labute approximate surface area is 167 Å². The number of hydrogen-bond acceptors (Lipinski definition) is 6. The van der Waals surface area contributed by atoms with Crippen molar-refractivity contribution in [3.8, 4) is 11.5 Å². The molecular formula is C19H30N2O6S. The lowest BCUT2D eigenvalue weighted by Crippen LogP contribution is -2.43. The van der Waals surface area contributed by atoms with Crippen LogP contribution in [0.25, 0.3) is 0 Å². The summed E-state index contributed by atoms with van der Waals surface area (Å²) in [5, 5.41) is 2.91. The van der Waals surface area contributed by atoms with Gasteiger partial charge in [0.1, 0.15) is 0 Å². The van der Waals surface area contributed by atoms with Crippen LogP contribution >= 0.6 is 0 Å². The second kappa shape index (κ2) is 10.6. The van der Waals surface area contributed by atoms with E-state index in [2.05, 4.69) is 5.32 Å². The molecule has 8 nitrogen and oxygen atoms in total. The topological polar surface area (TPSA) is 94.2 Å². The molecule has 0 spiro atoms. The molecule has 1 heterocycles. The van der Waals surface area contributed by atoms with Crippen LogP contribution in [0.2, 0.25) is 0 Å². The Bertz CT molecular complexity index is 745. The highest BCUT2D eigenvalue weighted by molar-refractivity contribution is 7.89. The zero-order valence-electron chi connectivity index (χ0n) is 16.8. The molecule has 28 heavy (non-hydrogen) atoms. The summed E-state index contributed by atoms with van der Waals surface area (Å²) in [6.45, 7) is 4.42. The number of carbonyl (C=O) groups is 1. The van der Waals surface area contributed by atoms with Crippen LogP contribution in [0.4, 0.5) is 0 Å². The van der Waals surface area contributed by atoms with Crippen molar-refractivity contribution in [3.05, 3.63) is 18.2 Å². The molecule has 1 saturated heterocycles. The molecule has 0 bridgehead atoms. The fourth-order valence-corrected chi connectivity index (χ4v) is 4.64. The standard InChI is InChI=1S/C19H30N2O6S/c1-4-27-13-5-10-20-19(22)15-8-11-21(12-9-15)28(23,24)16-6-7-17(25-2)18(14-16)26-3/h6-7,14-15H,4-5,8-13H2,1-3H3,(H,20,22). The van der Waals surface area contributed by atoms with Gasteiger partial charge in [0, 0.05) is 44.8 Å². The Morgan fingerprint density at radius 1 is 1.18 bits per heavy atom. The molecule has 9 heteroatoms. The number of hydrogen-bond donors (Lipinski definition) is 1. The first-order chi connectivity index (χ1) is 13.4. The van der Waals surface area contributed by atoms with Gasteiger partial charge in [0.25, 0.3) is 0 Å². The Hall–Kier alpha value is -1.84. The number of carbonyl (C=O) groups excluding carboxylic acids is 1. The molecule has 158 valence electrons. The second-order valence-corrected chi connectivity index (χ2v) is 8.47. The summed E-state index contributed by atoms with van der Waals surface area (Å²) in [5.41, 5.74) is 0. The molecule has 0 aromatic heterocycles. The van der Waals surface area contributed by atoms with E-state index in [1.54, 1.807) is 6.07 Å². The average molecular weight is 415 g/mol. The van der Waals surface area contributed by atoms with Gasteiger partial charge in [-0.15, -0.1) is 0 Å². The summed E-state index contributed by atoms with van der Waals surface area (Å²) in [4.78, 5) is 12.4. The SMILES string of the molecule is CCOCCCNC(=O)C1CCN(S(=O)(=O)c2ccc(OC)c(OC)c2)CC1. The first-order valence-electron chi connectivity index (χ1n) is 9.51. The zero-order chi connectivity index (χ0) is 20.6. The molecule has 1 N–H and O–H groups in total. The minimum absolute atomic E-state index is 0.0142. The van der Waals surface area contributed by atoms with Crippen LogP contribution < -0.4 is 14.8 Å². The monoisotopic (exact) mass is 414 g/mol. The van der Waals surface area contributed by atoms with Crippen LogP contribution in [0, 0.1) is 5.92 Å². The van der Waals surface area contributed by atoms with E-state index in [1.165, 1.54) is 30.7 Å². The van der Waals surface area contributed by atoms with E-state index < -0.39 is 10.0 Å². The van der Waals surface area contributed by atoms with Gasteiger partial charge in [-0.25, -0.2) is 8.42 Å². The molecule has 2 rings (SSSR count). The molecule has 0 saturated carbocycles. The molecule has 1 aromatic rings. The van der Waals surface area contributed by atoms with Gasteiger partial charge >= 0.3 is 0 Å². The van der Waals surface area contributed by atoms with E-state index >= 15 is 0 Å². The van der Waals surface area contributed by atoms with E-state index in [4.69, 9.17) is 14.2 Å². The molecule has 1 fully saturated rings. The lowest BCUT2D eigenvalue weighted by Gasteiger charge is -2.30. The smallest absolute Gasteiger partial charge is 0.243 e. The summed E-state index contributed by atoms with van der Waals surface area (Å²) >= 11 is 0. The number of benzene rings is 1. The molecule has 1 aliphatic heterocycles. The number of methoxy groups -OCH3 is 2. The zero-order valence-corrected chi connectivity index (χ0v) is 17.6.